The van der Waals surface area contributed by atoms with Crippen LogP contribution in [0.1, 0.15) is 5.56 Å². The van der Waals surface area contributed by atoms with E-state index in [0.29, 0.717) is 17.9 Å². The third-order valence-electron chi connectivity index (χ3n) is 1.30. The molecule has 0 saturated heterocycles. The summed E-state index contributed by atoms with van der Waals surface area (Å²) in [5, 5.41) is 0. The minimum atomic E-state index is -0.332. The lowest BCUT2D eigenvalue weighted by atomic mass is 10.2. The molecular weight excluding hydrogens is 155 g/mol. The number of ether oxygens (including phenoxy) is 1. The number of rotatable bonds is 3. The maximum atomic E-state index is 12.7. The van der Waals surface area contributed by atoms with Crippen LogP contribution < -0.4 is 4.74 Å². The van der Waals surface area contributed by atoms with E-state index in [2.05, 4.69) is 13.5 Å². The molecule has 0 bridgehead atoms. The van der Waals surface area contributed by atoms with Crippen LogP contribution in [0.25, 0.3) is 0 Å². The van der Waals surface area contributed by atoms with Gasteiger partial charge in [-0.2, -0.15) is 0 Å². The van der Waals surface area contributed by atoms with Gasteiger partial charge in [0.2, 0.25) is 0 Å². The van der Waals surface area contributed by atoms with E-state index in [0.717, 1.165) is 0 Å². The summed E-state index contributed by atoms with van der Waals surface area (Å²) < 4.78 is 17.8. The SMILES string of the molecule is [CH2]c1cc(F)cc(OCC=C)c1. The van der Waals surface area contributed by atoms with E-state index >= 15 is 0 Å². The first-order valence-electron chi connectivity index (χ1n) is 3.58. The summed E-state index contributed by atoms with van der Waals surface area (Å²) in [6, 6.07) is 4.34. The topological polar surface area (TPSA) is 9.23 Å². The van der Waals surface area contributed by atoms with Crippen LogP contribution in [0.2, 0.25) is 0 Å². The highest BCUT2D eigenvalue weighted by atomic mass is 19.1. The molecule has 0 atom stereocenters. The zero-order chi connectivity index (χ0) is 8.97. The second kappa shape index (κ2) is 3.90. The molecule has 1 radical (unpaired) electrons. The first-order valence-corrected chi connectivity index (χ1v) is 3.58. The van der Waals surface area contributed by atoms with Crippen molar-refractivity contribution in [2.75, 3.05) is 6.61 Å². The van der Waals surface area contributed by atoms with Gasteiger partial charge in [-0.25, -0.2) is 4.39 Å². The third-order valence-corrected chi connectivity index (χ3v) is 1.30. The van der Waals surface area contributed by atoms with Gasteiger partial charge in [-0.05, 0) is 24.6 Å². The highest BCUT2D eigenvalue weighted by Crippen LogP contribution is 2.15. The van der Waals surface area contributed by atoms with Crippen molar-refractivity contribution in [2.24, 2.45) is 0 Å². The summed E-state index contributed by atoms with van der Waals surface area (Å²) in [5.41, 5.74) is 0.606. The number of hydrogen-bond donors (Lipinski definition) is 0. The zero-order valence-electron chi connectivity index (χ0n) is 6.72. The average molecular weight is 165 g/mol. The maximum absolute atomic E-state index is 12.7. The van der Waals surface area contributed by atoms with E-state index in [4.69, 9.17) is 4.74 Å². The van der Waals surface area contributed by atoms with Crippen LogP contribution in [0.4, 0.5) is 4.39 Å². The Morgan fingerprint density at radius 3 is 2.75 bits per heavy atom. The smallest absolute Gasteiger partial charge is 0.127 e. The van der Waals surface area contributed by atoms with Crippen LogP contribution in [-0.2, 0) is 0 Å². The Morgan fingerprint density at radius 1 is 1.42 bits per heavy atom. The molecule has 1 aromatic carbocycles. The fourth-order valence-electron chi connectivity index (χ4n) is 0.859. The van der Waals surface area contributed by atoms with Crippen LogP contribution in [0.15, 0.2) is 30.9 Å². The van der Waals surface area contributed by atoms with Gasteiger partial charge in [0.15, 0.2) is 0 Å². The predicted molar refractivity (Wildman–Crippen MR) is 46.6 cm³/mol. The van der Waals surface area contributed by atoms with Gasteiger partial charge in [0.25, 0.3) is 0 Å². The molecule has 0 unspecified atom stereocenters. The summed E-state index contributed by atoms with van der Waals surface area (Å²) in [7, 11) is 0. The van der Waals surface area contributed by atoms with E-state index in [1.54, 1.807) is 12.1 Å². The maximum Gasteiger partial charge on any atom is 0.127 e. The van der Waals surface area contributed by atoms with Crippen molar-refractivity contribution in [3.63, 3.8) is 0 Å². The lowest BCUT2D eigenvalue weighted by Crippen LogP contribution is -1.93. The van der Waals surface area contributed by atoms with E-state index in [-0.39, 0.29) is 5.82 Å². The van der Waals surface area contributed by atoms with Crippen LogP contribution in [0, 0.1) is 12.7 Å². The number of hydrogen-bond acceptors (Lipinski definition) is 1. The van der Waals surface area contributed by atoms with Crippen LogP contribution in [-0.4, -0.2) is 6.61 Å². The summed E-state index contributed by atoms with van der Waals surface area (Å²) in [6.45, 7) is 7.47. The van der Waals surface area contributed by atoms with Crippen LogP contribution in [0.3, 0.4) is 0 Å². The van der Waals surface area contributed by atoms with Crippen molar-refractivity contribution < 1.29 is 9.13 Å². The first kappa shape index (κ1) is 8.78. The highest BCUT2D eigenvalue weighted by Gasteiger charge is 1.97. The first-order chi connectivity index (χ1) is 5.72. The third kappa shape index (κ3) is 2.38. The Balaban J connectivity index is 2.78. The van der Waals surface area contributed by atoms with Crippen molar-refractivity contribution in [1.29, 1.82) is 0 Å². The van der Waals surface area contributed by atoms with E-state index in [9.17, 15) is 4.39 Å². The fraction of sp³-hybridized carbons (Fsp3) is 0.100. The molecule has 0 N–H and O–H groups in total. The van der Waals surface area contributed by atoms with Crippen LogP contribution >= 0.6 is 0 Å². The lowest BCUT2D eigenvalue weighted by Gasteiger charge is -2.03. The van der Waals surface area contributed by atoms with Gasteiger partial charge in [0.1, 0.15) is 18.2 Å². The van der Waals surface area contributed by atoms with E-state index in [1.165, 1.54) is 12.1 Å². The molecule has 0 aliphatic carbocycles. The summed E-state index contributed by atoms with van der Waals surface area (Å²) in [5.74, 6) is 0.154. The Bertz CT molecular complexity index is 261. The molecule has 0 aliphatic rings. The molecule has 0 spiro atoms. The largest absolute Gasteiger partial charge is 0.489 e. The van der Waals surface area contributed by atoms with Gasteiger partial charge in [0, 0.05) is 6.07 Å². The Labute approximate surface area is 71.5 Å². The molecule has 2 heteroatoms. The van der Waals surface area contributed by atoms with Crippen molar-refractivity contribution >= 4 is 0 Å². The lowest BCUT2D eigenvalue weighted by molar-refractivity contribution is 0.360. The average Bonchev–Trinajstić information content (AvgIpc) is 1.99. The molecule has 63 valence electrons. The minimum Gasteiger partial charge on any atom is -0.489 e. The molecule has 0 fully saturated rings. The number of benzene rings is 1. The summed E-state index contributed by atoms with van der Waals surface area (Å²) in [4.78, 5) is 0. The molecule has 0 aliphatic heterocycles. The second-order valence-electron chi connectivity index (χ2n) is 2.39. The molecule has 12 heavy (non-hydrogen) atoms. The van der Waals surface area contributed by atoms with Crippen molar-refractivity contribution in [1.82, 2.24) is 0 Å². The summed E-state index contributed by atoms with van der Waals surface area (Å²) in [6.07, 6.45) is 1.60. The standard InChI is InChI=1S/C10H10FO/c1-3-4-12-10-6-8(2)5-9(11)7-10/h3,5-7H,1-2,4H2. The quantitative estimate of drug-likeness (QED) is 0.625. The van der Waals surface area contributed by atoms with Crippen molar-refractivity contribution in [3.05, 3.63) is 49.2 Å². The van der Waals surface area contributed by atoms with Crippen LogP contribution in [0.5, 0.6) is 5.75 Å². The summed E-state index contributed by atoms with van der Waals surface area (Å²) >= 11 is 0. The van der Waals surface area contributed by atoms with E-state index < -0.39 is 0 Å². The van der Waals surface area contributed by atoms with E-state index in [1.807, 2.05) is 0 Å². The highest BCUT2D eigenvalue weighted by molar-refractivity contribution is 5.31. The Morgan fingerprint density at radius 2 is 2.17 bits per heavy atom. The van der Waals surface area contributed by atoms with Crippen molar-refractivity contribution in [2.45, 2.75) is 0 Å². The normalized spacial score (nSPS) is 9.50. The molecule has 1 rings (SSSR count). The molecular formula is C10H10FO. The molecule has 0 amide bonds. The number of halogens is 1. The minimum absolute atomic E-state index is 0.332. The van der Waals surface area contributed by atoms with Gasteiger partial charge in [-0.15, -0.1) is 0 Å². The molecule has 1 nitrogen and oxygen atoms in total. The fourth-order valence-corrected chi connectivity index (χ4v) is 0.859. The zero-order valence-corrected chi connectivity index (χ0v) is 6.72. The monoisotopic (exact) mass is 165 g/mol. The molecule has 0 saturated carbocycles. The Kier molecular flexibility index (Phi) is 2.86. The second-order valence-corrected chi connectivity index (χ2v) is 2.39. The van der Waals surface area contributed by atoms with Gasteiger partial charge in [-0.3, -0.25) is 0 Å². The molecule has 0 aromatic heterocycles. The van der Waals surface area contributed by atoms with Gasteiger partial charge in [-0.1, -0.05) is 12.7 Å². The molecule has 1 aromatic rings. The van der Waals surface area contributed by atoms with Gasteiger partial charge < -0.3 is 4.74 Å². The van der Waals surface area contributed by atoms with Gasteiger partial charge in [0.05, 0.1) is 0 Å². The Hall–Kier alpha value is -1.31. The predicted octanol–water partition coefficient (Wildman–Crippen LogP) is 2.57. The van der Waals surface area contributed by atoms with Gasteiger partial charge >= 0.3 is 0 Å². The molecule has 0 heterocycles. The van der Waals surface area contributed by atoms with Crippen molar-refractivity contribution in [3.8, 4) is 5.75 Å².